The van der Waals surface area contributed by atoms with E-state index in [4.69, 9.17) is 0 Å². The van der Waals surface area contributed by atoms with Gasteiger partial charge in [0.2, 0.25) is 0 Å². The Morgan fingerprint density at radius 3 is 1.49 bits per heavy atom. The Hall–Kier alpha value is -4.11. The molecule has 4 unspecified atom stereocenters. The summed E-state index contributed by atoms with van der Waals surface area (Å²) in [4.78, 5) is 43.4. The molecule has 35 heavy (non-hydrogen) atoms. The minimum Gasteiger partial charge on any atom is -0.299 e. The largest absolute Gasteiger partial charge is 0.299 e. The van der Waals surface area contributed by atoms with E-state index in [0.717, 1.165) is 22.3 Å². The summed E-state index contributed by atoms with van der Waals surface area (Å²) in [5, 5.41) is 0. The lowest BCUT2D eigenvalue weighted by molar-refractivity contribution is -0.120. The van der Waals surface area contributed by atoms with Crippen LogP contribution in [0.15, 0.2) is 109 Å². The van der Waals surface area contributed by atoms with Crippen molar-refractivity contribution in [3.63, 3.8) is 0 Å². The molecule has 0 N–H and O–H groups in total. The van der Waals surface area contributed by atoms with Crippen LogP contribution in [0.3, 0.4) is 0 Å². The van der Waals surface area contributed by atoms with Crippen LogP contribution in [0.1, 0.15) is 55.8 Å². The highest BCUT2D eigenvalue weighted by atomic mass is 16.2. The van der Waals surface area contributed by atoms with Gasteiger partial charge in [0.1, 0.15) is 5.78 Å². The molecule has 3 heteroatoms. The normalized spacial score (nSPS) is 28.5. The van der Waals surface area contributed by atoms with Crippen molar-refractivity contribution >= 4 is 17.3 Å². The fourth-order valence-electron chi connectivity index (χ4n) is 7.96. The molecule has 4 aromatic carbocycles. The number of Topliss-reactive ketones (excluding diaryl/α,β-unsaturated/α-hetero) is 3. The maximum atomic E-state index is 14.8. The molecular formula is C32H22O3. The van der Waals surface area contributed by atoms with E-state index in [1.165, 1.54) is 0 Å². The zero-order chi connectivity index (χ0) is 24.0. The van der Waals surface area contributed by atoms with E-state index in [-0.39, 0.29) is 23.3 Å². The molecule has 0 radical (unpaired) electrons. The van der Waals surface area contributed by atoms with Gasteiger partial charge in [-0.05, 0) is 29.2 Å². The molecule has 0 bridgehead atoms. The Morgan fingerprint density at radius 1 is 0.543 bits per heavy atom. The lowest BCUT2D eigenvalue weighted by Gasteiger charge is -2.24. The minimum absolute atomic E-state index is 0.129. The van der Waals surface area contributed by atoms with Gasteiger partial charge in [-0.1, -0.05) is 109 Å². The maximum absolute atomic E-state index is 14.8. The third-order valence-electron chi connectivity index (χ3n) is 8.77. The van der Waals surface area contributed by atoms with Crippen molar-refractivity contribution in [1.82, 2.24) is 0 Å². The molecule has 0 heterocycles. The number of hydrogen-bond donors (Lipinski definition) is 0. The second-order valence-electron chi connectivity index (χ2n) is 9.86. The molecule has 0 amide bonds. The van der Waals surface area contributed by atoms with Crippen molar-refractivity contribution < 1.29 is 14.4 Å². The predicted octanol–water partition coefficient (Wildman–Crippen LogP) is 5.68. The first kappa shape index (κ1) is 20.3. The second-order valence-corrected chi connectivity index (χ2v) is 9.86. The van der Waals surface area contributed by atoms with Gasteiger partial charge in [0.05, 0.1) is 16.2 Å². The molecule has 4 atom stereocenters. The standard InChI is InChI=1S/C32H22O3/c1-20(33)30-25-18-10-8-16-23(25)27-24-17-9-11-19-26(24)31(30,28(34)21-12-4-2-5-13-21)32(27,30)29(35)22-14-6-3-7-15-22/h2-19,27H,1H3. The first-order valence-corrected chi connectivity index (χ1v) is 12.0. The summed E-state index contributed by atoms with van der Waals surface area (Å²) in [6.45, 7) is 1.56. The van der Waals surface area contributed by atoms with Crippen LogP contribution in [0.2, 0.25) is 0 Å². The van der Waals surface area contributed by atoms with Crippen LogP contribution >= 0.6 is 0 Å². The molecule has 168 valence electrons. The molecule has 3 aliphatic carbocycles. The SMILES string of the molecule is CC(=O)C12c3ccccc3C3c4ccccc4C1(C(=O)c1ccccc1)C32C(=O)c1ccccc1. The number of carbonyl (C=O) groups is 3. The molecule has 0 spiro atoms. The number of ketones is 3. The summed E-state index contributed by atoms with van der Waals surface area (Å²) < 4.78 is 0. The molecule has 3 nitrogen and oxygen atoms in total. The Labute approximate surface area is 203 Å². The molecule has 0 saturated heterocycles. The van der Waals surface area contributed by atoms with E-state index in [2.05, 4.69) is 0 Å². The zero-order valence-electron chi connectivity index (χ0n) is 19.2. The Kier molecular flexibility index (Phi) is 3.77. The molecule has 7 rings (SSSR count). The van der Waals surface area contributed by atoms with Crippen LogP contribution in [0.25, 0.3) is 0 Å². The van der Waals surface area contributed by atoms with Crippen molar-refractivity contribution in [2.45, 2.75) is 23.7 Å². The van der Waals surface area contributed by atoms with Crippen molar-refractivity contribution in [3.8, 4) is 0 Å². The van der Waals surface area contributed by atoms with Gasteiger partial charge in [-0.25, -0.2) is 0 Å². The number of carbonyl (C=O) groups excluding carboxylic acids is 3. The van der Waals surface area contributed by atoms with Gasteiger partial charge >= 0.3 is 0 Å². The summed E-state index contributed by atoms with van der Waals surface area (Å²) in [5.74, 6) is -0.772. The monoisotopic (exact) mass is 454 g/mol. The molecule has 4 aromatic rings. The van der Waals surface area contributed by atoms with Gasteiger partial charge < -0.3 is 0 Å². The first-order chi connectivity index (χ1) is 17.1. The van der Waals surface area contributed by atoms with Gasteiger partial charge in [-0.15, -0.1) is 0 Å². The predicted molar refractivity (Wildman–Crippen MR) is 133 cm³/mol. The summed E-state index contributed by atoms with van der Waals surface area (Å²) in [7, 11) is 0. The maximum Gasteiger partial charge on any atom is 0.175 e. The lowest BCUT2D eigenvalue weighted by Crippen LogP contribution is -2.35. The van der Waals surface area contributed by atoms with Gasteiger partial charge in [-0.2, -0.15) is 0 Å². The summed E-state index contributed by atoms with van der Waals surface area (Å²) >= 11 is 0. The highest BCUT2D eigenvalue weighted by Crippen LogP contribution is 2.93. The number of hydrogen-bond acceptors (Lipinski definition) is 3. The van der Waals surface area contributed by atoms with Crippen LogP contribution in [-0.4, -0.2) is 17.3 Å². The smallest absolute Gasteiger partial charge is 0.175 e. The minimum atomic E-state index is -1.28. The molecule has 1 saturated carbocycles. The molecular weight excluding hydrogens is 432 g/mol. The lowest BCUT2D eigenvalue weighted by atomic mass is 9.75. The molecule has 1 fully saturated rings. The Balaban J connectivity index is 1.66. The van der Waals surface area contributed by atoms with Crippen molar-refractivity contribution in [1.29, 1.82) is 0 Å². The number of benzene rings is 4. The van der Waals surface area contributed by atoms with E-state index in [1.54, 1.807) is 31.2 Å². The first-order valence-electron chi connectivity index (χ1n) is 12.0. The van der Waals surface area contributed by atoms with Crippen LogP contribution in [0.4, 0.5) is 0 Å². The highest BCUT2D eigenvalue weighted by Gasteiger charge is 3.02. The quantitative estimate of drug-likeness (QED) is 0.365. The van der Waals surface area contributed by atoms with Crippen LogP contribution in [-0.2, 0) is 15.6 Å². The Morgan fingerprint density at radius 2 is 0.971 bits per heavy atom. The van der Waals surface area contributed by atoms with Gasteiger partial charge in [0.25, 0.3) is 0 Å². The van der Waals surface area contributed by atoms with E-state index < -0.39 is 16.2 Å². The average molecular weight is 455 g/mol. The highest BCUT2D eigenvalue weighted by molar-refractivity contribution is 6.29. The van der Waals surface area contributed by atoms with Crippen molar-refractivity contribution in [3.05, 3.63) is 143 Å². The third kappa shape index (κ3) is 1.89. The molecule has 0 aliphatic heterocycles. The van der Waals surface area contributed by atoms with Crippen LogP contribution in [0.5, 0.6) is 0 Å². The molecule has 3 aliphatic rings. The van der Waals surface area contributed by atoms with E-state index in [9.17, 15) is 14.4 Å². The molecule has 0 aromatic heterocycles. The van der Waals surface area contributed by atoms with Gasteiger partial charge in [-0.3, -0.25) is 14.4 Å². The van der Waals surface area contributed by atoms with E-state index in [0.29, 0.717) is 11.1 Å². The summed E-state index contributed by atoms with van der Waals surface area (Å²) in [6.07, 6.45) is 0. The topological polar surface area (TPSA) is 51.2 Å². The van der Waals surface area contributed by atoms with Gasteiger partial charge in [0.15, 0.2) is 11.6 Å². The van der Waals surface area contributed by atoms with Crippen molar-refractivity contribution in [2.75, 3.05) is 0 Å². The number of rotatable bonds is 5. The van der Waals surface area contributed by atoms with Crippen LogP contribution < -0.4 is 0 Å². The number of fused-ring (bicyclic) bond motifs is 7. The third-order valence-corrected chi connectivity index (χ3v) is 8.77. The summed E-state index contributed by atoms with van der Waals surface area (Å²) in [6, 6.07) is 34.0. The summed E-state index contributed by atoms with van der Waals surface area (Å²) in [5.41, 5.74) is 0.897. The zero-order valence-corrected chi connectivity index (χ0v) is 19.2. The Bertz CT molecular complexity index is 1570. The average Bonchev–Trinajstić information content (AvgIpc) is 3.27. The van der Waals surface area contributed by atoms with Crippen molar-refractivity contribution in [2.24, 2.45) is 5.41 Å². The fourth-order valence-corrected chi connectivity index (χ4v) is 7.96. The van der Waals surface area contributed by atoms with Gasteiger partial charge in [0, 0.05) is 17.0 Å². The van der Waals surface area contributed by atoms with E-state index in [1.807, 2.05) is 84.9 Å². The fraction of sp³-hybridized carbons (Fsp3) is 0.156. The second kappa shape index (κ2) is 6.51. The van der Waals surface area contributed by atoms with Crippen LogP contribution in [0, 0.1) is 5.41 Å². The van der Waals surface area contributed by atoms with E-state index >= 15 is 0 Å².